The number of anilines is 1. The van der Waals surface area contributed by atoms with Gasteiger partial charge in [0.25, 0.3) is 11.8 Å². The van der Waals surface area contributed by atoms with Crippen molar-refractivity contribution in [3.8, 4) is 0 Å². The summed E-state index contributed by atoms with van der Waals surface area (Å²) < 4.78 is 0. The molecular weight excluding hydrogens is 266 g/mol. The van der Waals surface area contributed by atoms with Crippen LogP contribution in [-0.4, -0.2) is 36.3 Å². The van der Waals surface area contributed by atoms with Crippen LogP contribution in [0.2, 0.25) is 0 Å². The predicted molar refractivity (Wildman–Crippen MR) is 82.5 cm³/mol. The lowest BCUT2D eigenvalue weighted by Gasteiger charge is -2.26. The number of nitrogens with zero attached hydrogens (tertiary/aromatic N) is 1. The van der Waals surface area contributed by atoms with Crippen molar-refractivity contribution >= 4 is 28.3 Å². The van der Waals surface area contributed by atoms with Crippen LogP contribution < -0.4 is 11.1 Å². The minimum Gasteiger partial charge on any atom is -0.383 e. The van der Waals surface area contributed by atoms with Gasteiger partial charge in [0.1, 0.15) is 0 Å². The van der Waals surface area contributed by atoms with Crippen LogP contribution in [0, 0.1) is 0 Å². The van der Waals surface area contributed by atoms with E-state index in [1.165, 1.54) is 4.90 Å². The van der Waals surface area contributed by atoms with Gasteiger partial charge >= 0.3 is 0 Å². The Balaban J connectivity index is 2.26. The number of nitrogens with one attached hydrogen (secondary N) is 1. The standard InChI is InChI=1S/C16H17N3O2/c1-2-19-15(20)11-5-3-4-10-13(18-9-8-17)7-6-12(14(10)11)16(19)21/h3-7,18H,2,8-9,17H2,1H3. The van der Waals surface area contributed by atoms with Crippen LogP contribution in [0.15, 0.2) is 30.3 Å². The molecule has 5 nitrogen and oxygen atoms in total. The monoisotopic (exact) mass is 283 g/mol. The summed E-state index contributed by atoms with van der Waals surface area (Å²) in [7, 11) is 0. The Kier molecular flexibility index (Phi) is 3.35. The average molecular weight is 283 g/mol. The second-order valence-electron chi connectivity index (χ2n) is 4.96. The molecule has 0 spiro atoms. The summed E-state index contributed by atoms with van der Waals surface area (Å²) in [5.74, 6) is -0.451. The van der Waals surface area contributed by atoms with Gasteiger partial charge in [-0.15, -0.1) is 0 Å². The molecule has 21 heavy (non-hydrogen) atoms. The molecule has 0 saturated carbocycles. The number of rotatable bonds is 4. The molecule has 0 saturated heterocycles. The Labute approximate surface area is 122 Å². The summed E-state index contributed by atoms with van der Waals surface area (Å²) in [4.78, 5) is 26.2. The zero-order valence-corrected chi connectivity index (χ0v) is 11.8. The third-order valence-electron chi connectivity index (χ3n) is 3.77. The highest BCUT2D eigenvalue weighted by molar-refractivity contribution is 6.26. The van der Waals surface area contributed by atoms with E-state index in [4.69, 9.17) is 5.73 Å². The molecule has 1 heterocycles. The van der Waals surface area contributed by atoms with Crippen molar-refractivity contribution in [2.24, 2.45) is 5.73 Å². The minimum atomic E-state index is -0.225. The summed E-state index contributed by atoms with van der Waals surface area (Å²) in [6.45, 7) is 3.34. The average Bonchev–Trinajstić information content (AvgIpc) is 2.51. The number of carbonyl (C=O) groups excluding carboxylic acids is 2. The second kappa shape index (κ2) is 5.18. The van der Waals surface area contributed by atoms with E-state index in [9.17, 15) is 9.59 Å². The number of amides is 2. The molecule has 0 fully saturated rings. The van der Waals surface area contributed by atoms with Crippen molar-refractivity contribution in [3.05, 3.63) is 41.5 Å². The Morgan fingerprint density at radius 2 is 1.81 bits per heavy atom. The van der Waals surface area contributed by atoms with Gasteiger partial charge in [0, 0.05) is 47.2 Å². The Bertz CT molecular complexity index is 717. The van der Waals surface area contributed by atoms with E-state index in [0.717, 1.165) is 16.5 Å². The maximum Gasteiger partial charge on any atom is 0.261 e. The fourth-order valence-electron chi connectivity index (χ4n) is 2.79. The van der Waals surface area contributed by atoms with Gasteiger partial charge < -0.3 is 11.1 Å². The number of hydrogen-bond donors (Lipinski definition) is 2. The zero-order chi connectivity index (χ0) is 15.0. The van der Waals surface area contributed by atoms with E-state index in [1.54, 1.807) is 19.1 Å². The Morgan fingerprint density at radius 1 is 1.10 bits per heavy atom. The Hall–Kier alpha value is -2.40. The molecule has 0 aliphatic carbocycles. The maximum absolute atomic E-state index is 12.4. The molecule has 2 amide bonds. The van der Waals surface area contributed by atoms with Crippen LogP contribution in [0.1, 0.15) is 27.6 Å². The van der Waals surface area contributed by atoms with Crippen LogP contribution >= 0.6 is 0 Å². The van der Waals surface area contributed by atoms with Crippen molar-refractivity contribution in [1.82, 2.24) is 4.90 Å². The van der Waals surface area contributed by atoms with Crippen LogP contribution in [0.5, 0.6) is 0 Å². The van der Waals surface area contributed by atoms with E-state index in [2.05, 4.69) is 5.32 Å². The number of imide groups is 1. The van der Waals surface area contributed by atoms with E-state index in [-0.39, 0.29) is 11.8 Å². The van der Waals surface area contributed by atoms with Gasteiger partial charge in [-0.25, -0.2) is 0 Å². The van der Waals surface area contributed by atoms with E-state index in [1.807, 2.05) is 18.2 Å². The van der Waals surface area contributed by atoms with E-state index in [0.29, 0.717) is 30.8 Å². The van der Waals surface area contributed by atoms with Gasteiger partial charge in [-0.2, -0.15) is 0 Å². The molecule has 0 unspecified atom stereocenters. The summed E-state index contributed by atoms with van der Waals surface area (Å²) in [5.41, 5.74) is 7.58. The summed E-state index contributed by atoms with van der Waals surface area (Å²) in [5, 5.41) is 4.85. The van der Waals surface area contributed by atoms with Gasteiger partial charge in [-0.3, -0.25) is 14.5 Å². The van der Waals surface area contributed by atoms with E-state index < -0.39 is 0 Å². The molecule has 3 rings (SSSR count). The van der Waals surface area contributed by atoms with Crippen LogP contribution in [0.3, 0.4) is 0 Å². The number of nitrogens with two attached hydrogens (primary N) is 1. The van der Waals surface area contributed by atoms with Gasteiger partial charge in [-0.05, 0) is 25.1 Å². The Morgan fingerprint density at radius 3 is 2.48 bits per heavy atom. The van der Waals surface area contributed by atoms with Crippen LogP contribution in [-0.2, 0) is 0 Å². The minimum absolute atomic E-state index is 0.225. The second-order valence-corrected chi connectivity index (χ2v) is 4.96. The third-order valence-corrected chi connectivity index (χ3v) is 3.77. The van der Waals surface area contributed by atoms with Gasteiger partial charge in [-0.1, -0.05) is 12.1 Å². The van der Waals surface area contributed by atoms with Crippen molar-refractivity contribution in [1.29, 1.82) is 0 Å². The first-order valence-electron chi connectivity index (χ1n) is 7.05. The highest BCUT2D eigenvalue weighted by Gasteiger charge is 2.31. The topological polar surface area (TPSA) is 75.4 Å². The first-order valence-corrected chi connectivity index (χ1v) is 7.05. The van der Waals surface area contributed by atoms with Gasteiger partial charge in [0.05, 0.1) is 0 Å². The highest BCUT2D eigenvalue weighted by atomic mass is 16.2. The molecule has 0 radical (unpaired) electrons. The predicted octanol–water partition coefficient (Wildman–Crippen LogP) is 1.83. The maximum atomic E-state index is 12.4. The molecule has 1 aliphatic rings. The van der Waals surface area contributed by atoms with Gasteiger partial charge in [0.15, 0.2) is 0 Å². The largest absolute Gasteiger partial charge is 0.383 e. The third kappa shape index (κ3) is 1.97. The molecule has 0 aromatic heterocycles. The first-order chi connectivity index (χ1) is 10.2. The molecule has 3 N–H and O–H groups in total. The van der Waals surface area contributed by atoms with Gasteiger partial charge in [0.2, 0.25) is 0 Å². The summed E-state index contributed by atoms with van der Waals surface area (Å²) >= 11 is 0. The molecule has 0 bridgehead atoms. The quantitative estimate of drug-likeness (QED) is 0.839. The number of benzene rings is 2. The van der Waals surface area contributed by atoms with Crippen LogP contribution in [0.25, 0.3) is 10.8 Å². The zero-order valence-electron chi connectivity index (χ0n) is 11.8. The van der Waals surface area contributed by atoms with Crippen molar-refractivity contribution in [2.45, 2.75) is 6.92 Å². The molecule has 5 heteroatoms. The first kappa shape index (κ1) is 13.6. The van der Waals surface area contributed by atoms with Crippen LogP contribution in [0.4, 0.5) is 5.69 Å². The van der Waals surface area contributed by atoms with E-state index >= 15 is 0 Å². The lowest BCUT2D eigenvalue weighted by Crippen LogP contribution is -2.40. The van der Waals surface area contributed by atoms with Crippen molar-refractivity contribution in [2.75, 3.05) is 25.0 Å². The lowest BCUT2D eigenvalue weighted by molar-refractivity contribution is 0.0619. The summed E-state index contributed by atoms with van der Waals surface area (Å²) in [6, 6.07) is 9.19. The molecule has 2 aromatic carbocycles. The molecule has 108 valence electrons. The fourth-order valence-corrected chi connectivity index (χ4v) is 2.79. The smallest absolute Gasteiger partial charge is 0.261 e. The number of carbonyl (C=O) groups is 2. The molecular formula is C16H17N3O2. The SMILES string of the molecule is CCN1C(=O)c2cccc3c(NCCN)ccc(c23)C1=O. The highest BCUT2D eigenvalue weighted by Crippen LogP contribution is 2.34. The lowest BCUT2D eigenvalue weighted by atomic mass is 9.93. The fraction of sp³-hybridized carbons (Fsp3) is 0.250. The van der Waals surface area contributed by atoms with Crippen molar-refractivity contribution < 1.29 is 9.59 Å². The normalized spacial score (nSPS) is 13.9. The summed E-state index contributed by atoms with van der Waals surface area (Å²) in [6.07, 6.45) is 0. The molecule has 1 aliphatic heterocycles. The molecule has 0 atom stereocenters. The molecule has 2 aromatic rings. The number of hydrogen-bond acceptors (Lipinski definition) is 4. The van der Waals surface area contributed by atoms with Crippen molar-refractivity contribution in [3.63, 3.8) is 0 Å².